The van der Waals surface area contributed by atoms with Crippen LogP contribution in [-0.2, 0) is 4.79 Å². The van der Waals surface area contributed by atoms with Crippen molar-refractivity contribution in [3.63, 3.8) is 0 Å². The molecule has 0 atom stereocenters. The van der Waals surface area contributed by atoms with Crippen LogP contribution in [0, 0.1) is 10.1 Å². The second-order valence-electron chi connectivity index (χ2n) is 5.72. The molecule has 1 heterocycles. The number of rotatable bonds is 7. The summed E-state index contributed by atoms with van der Waals surface area (Å²) in [5, 5.41) is 13.6. The molecule has 24 heavy (non-hydrogen) atoms. The molecule has 1 aliphatic heterocycles. The van der Waals surface area contributed by atoms with Crippen LogP contribution in [-0.4, -0.2) is 67.0 Å². The van der Waals surface area contributed by atoms with Crippen LogP contribution in [0.1, 0.15) is 13.3 Å². The molecule has 0 bridgehead atoms. The molecule has 1 saturated heterocycles. The Morgan fingerprint density at radius 3 is 2.54 bits per heavy atom. The van der Waals surface area contributed by atoms with Crippen LogP contribution in [0.5, 0.6) is 5.75 Å². The van der Waals surface area contributed by atoms with E-state index in [0.717, 1.165) is 32.7 Å². The van der Waals surface area contributed by atoms with Crippen molar-refractivity contribution >= 4 is 17.3 Å². The summed E-state index contributed by atoms with van der Waals surface area (Å²) in [6, 6.07) is 4.15. The van der Waals surface area contributed by atoms with Crippen molar-refractivity contribution in [1.29, 1.82) is 0 Å². The minimum absolute atomic E-state index is 0.0817. The summed E-state index contributed by atoms with van der Waals surface area (Å²) < 4.78 is 5.15. The zero-order chi connectivity index (χ0) is 17.5. The molecule has 1 amide bonds. The van der Waals surface area contributed by atoms with Gasteiger partial charge in [-0.3, -0.25) is 14.9 Å². The maximum absolute atomic E-state index is 12.2. The summed E-state index contributed by atoms with van der Waals surface area (Å²) in [5.41, 5.74) is 0.245. The highest BCUT2D eigenvalue weighted by atomic mass is 16.6. The highest BCUT2D eigenvalue weighted by Gasteiger charge is 2.17. The molecule has 1 aromatic carbocycles. The van der Waals surface area contributed by atoms with E-state index >= 15 is 0 Å². The minimum Gasteiger partial charge on any atom is -0.495 e. The molecule has 2 rings (SSSR count). The normalized spacial score (nSPS) is 15.9. The van der Waals surface area contributed by atoms with Gasteiger partial charge < -0.3 is 19.9 Å². The molecule has 1 aromatic rings. The SMILES string of the molecule is CCN1CCN(CCC(=O)Nc2cc([N+](=O)[O-])ccc2OC)CC1. The Kier molecular flexibility index (Phi) is 6.51. The van der Waals surface area contributed by atoms with Crippen LogP contribution < -0.4 is 10.1 Å². The van der Waals surface area contributed by atoms with Gasteiger partial charge in [-0.2, -0.15) is 0 Å². The lowest BCUT2D eigenvalue weighted by Gasteiger charge is -2.33. The number of nitro groups is 1. The Hall–Kier alpha value is -2.19. The Morgan fingerprint density at radius 1 is 1.29 bits per heavy atom. The number of amides is 1. The Bertz CT molecular complexity index is 585. The highest BCUT2D eigenvalue weighted by molar-refractivity contribution is 5.92. The number of hydrogen-bond donors (Lipinski definition) is 1. The van der Waals surface area contributed by atoms with Gasteiger partial charge in [0.25, 0.3) is 5.69 Å². The molecule has 132 valence electrons. The van der Waals surface area contributed by atoms with E-state index in [2.05, 4.69) is 22.0 Å². The van der Waals surface area contributed by atoms with E-state index in [0.29, 0.717) is 24.4 Å². The van der Waals surface area contributed by atoms with Crippen molar-refractivity contribution in [3.8, 4) is 5.75 Å². The van der Waals surface area contributed by atoms with Gasteiger partial charge in [-0.1, -0.05) is 6.92 Å². The van der Waals surface area contributed by atoms with Crippen LogP contribution in [0.25, 0.3) is 0 Å². The second-order valence-corrected chi connectivity index (χ2v) is 5.72. The molecule has 8 nitrogen and oxygen atoms in total. The number of nitrogens with one attached hydrogen (secondary N) is 1. The average Bonchev–Trinajstić information content (AvgIpc) is 2.60. The van der Waals surface area contributed by atoms with Gasteiger partial charge in [-0.05, 0) is 12.6 Å². The summed E-state index contributed by atoms with van der Waals surface area (Å²) >= 11 is 0. The molecule has 1 aliphatic rings. The number of carbonyl (C=O) groups excluding carboxylic acids is 1. The quantitative estimate of drug-likeness (QED) is 0.601. The number of piperazine rings is 1. The largest absolute Gasteiger partial charge is 0.495 e. The van der Waals surface area contributed by atoms with Gasteiger partial charge in [0, 0.05) is 51.3 Å². The van der Waals surface area contributed by atoms with E-state index in [1.807, 2.05) is 0 Å². The molecule has 0 radical (unpaired) electrons. The van der Waals surface area contributed by atoms with E-state index in [-0.39, 0.29) is 11.6 Å². The first-order valence-corrected chi connectivity index (χ1v) is 8.10. The zero-order valence-corrected chi connectivity index (χ0v) is 14.2. The van der Waals surface area contributed by atoms with E-state index in [1.54, 1.807) is 0 Å². The lowest BCUT2D eigenvalue weighted by atomic mass is 10.2. The molecule has 0 aromatic heterocycles. The molecular formula is C16H24N4O4. The van der Waals surface area contributed by atoms with Gasteiger partial charge in [-0.15, -0.1) is 0 Å². The summed E-state index contributed by atoms with van der Waals surface area (Å²) in [4.78, 5) is 27.2. The predicted octanol–water partition coefficient (Wildman–Crippen LogP) is 1.57. The van der Waals surface area contributed by atoms with Crippen molar-refractivity contribution in [2.24, 2.45) is 0 Å². The fourth-order valence-electron chi connectivity index (χ4n) is 2.71. The number of methoxy groups -OCH3 is 1. The topological polar surface area (TPSA) is 88.0 Å². The van der Waals surface area contributed by atoms with Crippen molar-refractivity contribution in [2.45, 2.75) is 13.3 Å². The fraction of sp³-hybridized carbons (Fsp3) is 0.562. The standard InChI is InChI=1S/C16H24N4O4/c1-3-18-8-10-19(11-9-18)7-6-16(21)17-14-12-13(20(22)23)4-5-15(14)24-2/h4-5,12H,3,6-11H2,1-2H3,(H,17,21). The lowest BCUT2D eigenvalue weighted by molar-refractivity contribution is -0.384. The first kappa shape index (κ1) is 18.2. The van der Waals surface area contributed by atoms with Crippen LogP contribution in [0.2, 0.25) is 0 Å². The van der Waals surface area contributed by atoms with Crippen LogP contribution in [0.4, 0.5) is 11.4 Å². The highest BCUT2D eigenvalue weighted by Crippen LogP contribution is 2.28. The predicted molar refractivity (Wildman–Crippen MR) is 91.4 cm³/mol. The number of nitro benzene ring substituents is 1. The second kappa shape index (κ2) is 8.60. The monoisotopic (exact) mass is 336 g/mol. The maximum Gasteiger partial charge on any atom is 0.271 e. The zero-order valence-electron chi connectivity index (χ0n) is 14.2. The number of nitrogens with zero attached hydrogens (tertiary/aromatic N) is 3. The molecule has 0 spiro atoms. The van der Waals surface area contributed by atoms with Crippen molar-refractivity contribution in [3.05, 3.63) is 28.3 Å². The third-order valence-electron chi connectivity index (χ3n) is 4.24. The summed E-state index contributed by atoms with van der Waals surface area (Å²) in [6.45, 7) is 7.85. The Labute approximate surface area is 141 Å². The van der Waals surface area contributed by atoms with Crippen LogP contribution in [0.3, 0.4) is 0 Å². The van der Waals surface area contributed by atoms with Gasteiger partial charge in [-0.25, -0.2) is 0 Å². The number of hydrogen-bond acceptors (Lipinski definition) is 6. The van der Waals surface area contributed by atoms with Gasteiger partial charge in [0.2, 0.25) is 5.91 Å². The summed E-state index contributed by atoms with van der Waals surface area (Å²) in [7, 11) is 1.46. The molecule has 0 aliphatic carbocycles. The van der Waals surface area contributed by atoms with Crippen molar-refractivity contribution < 1.29 is 14.5 Å². The molecule has 1 fully saturated rings. The number of benzene rings is 1. The van der Waals surface area contributed by atoms with Gasteiger partial charge >= 0.3 is 0 Å². The van der Waals surface area contributed by atoms with E-state index < -0.39 is 4.92 Å². The molecular weight excluding hydrogens is 312 g/mol. The van der Waals surface area contributed by atoms with E-state index in [4.69, 9.17) is 4.74 Å². The van der Waals surface area contributed by atoms with Crippen LogP contribution >= 0.6 is 0 Å². The Balaban J connectivity index is 1.88. The molecule has 1 N–H and O–H groups in total. The summed E-state index contributed by atoms with van der Waals surface area (Å²) in [6.07, 6.45) is 0.345. The Morgan fingerprint density at radius 2 is 1.96 bits per heavy atom. The first-order chi connectivity index (χ1) is 11.5. The smallest absolute Gasteiger partial charge is 0.271 e. The van der Waals surface area contributed by atoms with Gasteiger partial charge in [0.15, 0.2) is 0 Å². The average molecular weight is 336 g/mol. The number of anilines is 1. The number of likely N-dealkylation sites (N-methyl/N-ethyl adjacent to an activating group) is 1. The fourth-order valence-corrected chi connectivity index (χ4v) is 2.71. The molecule has 0 unspecified atom stereocenters. The third-order valence-corrected chi connectivity index (χ3v) is 4.24. The summed E-state index contributed by atoms with van der Waals surface area (Å²) in [5.74, 6) is 0.234. The van der Waals surface area contributed by atoms with E-state index in [9.17, 15) is 14.9 Å². The number of non-ortho nitro benzene ring substituents is 1. The molecule has 0 saturated carbocycles. The van der Waals surface area contributed by atoms with Gasteiger partial charge in [0.05, 0.1) is 17.7 Å². The third kappa shape index (κ3) is 4.90. The van der Waals surface area contributed by atoms with Crippen molar-refractivity contribution in [2.75, 3.05) is 51.7 Å². The van der Waals surface area contributed by atoms with Crippen LogP contribution in [0.15, 0.2) is 18.2 Å². The number of carbonyl (C=O) groups is 1. The number of ether oxygens (including phenoxy) is 1. The maximum atomic E-state index is 12.2. The molecule has 8 heteroatoms. The first-order valence-electron chi connectivity index (χ1n) is 8.10. The lowest BCUT2D eigenvalue weighted by Crippen LogP contribution is -2.46. The minimum atomic E-state index is -0.498. The van der Waals surface area contributed by atoms with Crippen molar-refractivity contribution in [1.82, 2.24) is 9.80 Å². The van der Waals surface area contributed by atoms with Gasteiger partial charge in [0.1, 0.15) is 5.75 Å². The van der Waals surface area contributed by atoms with E-state index in [1.165, 1.54) is 25.3 Å².